The molecular weight excluding hydrogens is 484 g/mol. The number of hydrogen-bond donors (Lipinski definition) is 1. The average molecular weight is 521 g/mol. The normalized spacial score (nSPS) is 22.2. The maximum Gasteiger partial charge on any atom is 0.256 e. The van der Waals surface area contributed by atoms with E-state index in [4.69, 9.17) is 18.9 Å². The second kappa shape index (κ2) is 10.7. The van der Waals surface area contributed by atoms with E-state index in [1.165, 1.54) is 7.11 Å². The lowest BCUT2D eigenvalue weighted by atomic mass is 9.80. The van der Waals surface area contributed by atoms with Crippen molar-refractivity contribution in [3.8, 4) is 11.5 Å². The molecule has 0 radical (unpaired) electrons. The molecule has 1 saturated heterocycles. The number of rotatable bonds is 10. The summed E-state index contributed by atoms with van der Waals surface area (Å²) in [7, 11) is 7.16. The first kappa shape index (κ1) is 26.1. The molecule has 2 aromatic carbocycles. The van der Waals surface area contributed by atoms with Crippen LogP contribution in [0, 0.1) is 5.92 Å². The number of amides is 1. The van der Waals surface area contributed by atoms with E-state index in [0.29, 0.717) is 48.0 Å². The van der Waals surface area contributed by atoms with Gasteiger partial charge in [-0.05, 0) is 56.6 Å². The van der Waals surface area contributed by atoms with Crippen LogP contribution in [-0.4, -0.2) is 74.7 Å². The SMILES string of the molecule is COC1=CC[C@H]2C(=C1OC)C(=O)N(CCc1ccccc1)[C@@]2(O)Cc1c(CCN(C)C)ccc2c1OCO2. The molecule has 0 bridgehead atoms. The van der Waals surface area contributed by atoms with Gasteiger partial charge in [0.2, 0.25) is 6.79 Å². The fourth-order valence-corrected chi connectivity index (χ4v) is 5.79. The Labute approximate surface area is 224 Å². The summed E-state index contributed by atoms with van der Waals surface area (Å²) >= 11 is 0. The number of ether oxygens (including phenoxy) is 4. The molecule has 3 aliphatic rings. The van der Waals surface area contributed by atoms with Crippen molar-refractivity contribution < 1.29 is 28.8 Å². The minimum atomic E-state index is -1.49. The van der Waals surface area contributed by atoms with Crippen LogP contribution in [-0.2, 0) is 33.5 Å². The fraction of sp³-hybridized carbons (Fsp3) is 0.433. The van der Waals surface area contributed by atoms with Gasteiger partial charge in [-0.25, -0.2) is 0 Å². The van der Waals surface area contributed by atoms with E-state index in [1.807, 2.05) is 62.6 Å². The van der Waals surface area contributed by atoms with Crippen molar-refractivity contribution in [3.63, 3.8) is 0 Å². The summed E-state index contributed by atoms with van der Waals surface area (Å²) in [4.78, 5) is 17.8. The van der Waals surface area contributed by atoms with Gasteiger partial charge >= 0.3 is 0 Å². The first-order valence-electron chi connectivity index (χ1n) is 13.0. The number of likely N-dealkylation sites (N-methyl/N-ethyl adjacent to an activating group) is 1. The Balaban J connectivity index is 1.58. The van der Waals surface area contributed by atoms with Crippen molar-refractivity contribution in [2.45, 2.75) is 31.4 Å². The molecule has 1 aliphatic carbocycles. The summed E-state index contributed by atoms with van der Waals surface area (Å²) in [6.07, 6.45) is 3.95. The van der Waals surface area contributed by atoms with Gasteiger partial charge in [-0.3, -0.25) is 4.79 Å². The molecule has 5 rings (SSSR count). The van der Waals surface area contributed by atoms with E-state index in [1.54, 1.807) is 12.0 Å². The van der Waals surface area contributed by atoms with Crippen molar-refractivity contribution in [1.82, 2.24) is 9.80 Å². The van der Waals surface area contributed by atoms with Crippen LogP contribution in [0.15, 0.2) is 65.6 Å². The predicted octanol–water partition coefficient (Wildman–Crippen LogP) is 3.29. The molecule has 1 amide bonds. The Morgan fingerprint density at radius 1 is 1.08 bits per heavy atom. The number of fused-ring (bicyclic) bond motifs is 2. The largest absolute Gasteiger partial charge is 0.493 e. The van der Waals surface area contributed by atoms with Gasteiger partial charge in [-0.1, -0.05) is 36.4 Å². The zero-order chi connectivity index (χ0) is 26.9. The minimum Gasteiger partial charge on any atom is -0.493 e. The third-order valence-electron chi connectivity index (χ3n) is 7.75. The first-order chi connectivity index (χ1) is 18.4. The maximum absolute atomic E-state index is 14.0. The molecule has 1 N–H and O–H groups in total. The van der Waals surface area contributed by atoms with Crippen LogP contribution in [0.5, 0.6) is 11.5 Å². The molecule has 2 heterocycles. The monoisotopic (exact) mass is 520 g/mol. The maximum atomic E-state index is 14.0. The Hall–Kier alpha value is -3.49. The van der Waals surface area contributed by atoms with Crippen molar-refractivity contribution in [3.05, 3.63) is 82.3 Å². The van der Waals surface area contributed by atoms with E-state index in [-0.39, 0.29) is 19.1 Å². The molecule has 202 valence electrons. The van der Waals surface area contributed by atoms with Crippen molar-refractivity contribution in [2.24, 2.45) is 5.92 Å². The van der Waals surface area contributed by atoms with Gasteiger partial charge in [0.05, 0.1) is 19.8 Å². The number of carbonyl (C=O) groups excluding carboxylic acids is 1. The van der Waals surface area contributed by atoms with Gasteiger partial charge in [0.25, 0.3) is 5.91 Å². The van der Waals surface area contributed by atoms with Gasteiger partial charge in [0.1, 0.15) is 0 Å². The highest BCUT2D eigenvalue weighted by molar-refractivity contribution is 5.99. The third kappa shape index (κ3) is 4.63. The van der Waals surface area contributed by atoms with Gasteiger partial charge in [0, 0.05) is 31.0 Å². The molecule has 2 aromatic rings. The lowest BCUT2D eigenvalue weighted by Gasteiger charge is -2.38. The number of methoxy groups -OCH3 is 2. The summed E-state index contributed by atoms with van der Waals surface area (Å²) in [5, 5.41) is 12.6. The van der Waals surface area contributed by atoms with Gasteiger partial charge < -0.3 is 33.9 Å². The molecule has 38 heavy (non-hydrogen) atoms. The van der Waals surface area contributed by atoms with Crippen LogP contribution in [0.25, 0.3) is 0 Å². The lowest BCUT2D eigenvalue weighted by Crippen LogP contribution is -2.52. The molecule has 8 heteroatoms. The quantitative estimate of drug-likeness (QED) is 0.515. The van der Waals surface area contributed by atoms with Gasteiger partial charge in [-0.2, -0.15) is 0 Å². The van der Waals surface area contributed by atoms with E-state index in [0.717, 1.165) is 29.7 Å². The molecule has 2 atom stereocenters. The van der Waals surface area contributed by atoms with Gasteiger partial charge in [0.15, 0.2) is 28.7 Å². The zero-order valence-corrected chi connectivity index (χ0v) is 22.5. The number of carbonyl (C=O) groups is 1. The molecule has 0 saturated carbocycles. The Morgan fingerprint density at radius 3 is 2.58 bits per heavy atom. The highest BCUT2D eigenvalue weighted by Gasteiger charge is 2.57. The Kier molecular flexibility index (Phi) is 7.36. The molecule has 2 aliphatic heterocycles. The van der Waals surface area contributed by atoms with Crippen LogP contribution in [0.3, 0.4) is 0 Å². The molecular formula is C30H36N2O6. The van der Waals surface area contributed by atoms with E-state index >= 15 is 0 Å². The van der Waals surface area contributed by atoms with Crippen molar-refractivity contribution in [2.75, 3.05) is 48.2 Å². The van der Waals surface area contributed by atoms with Crippen LogP contribution in [0.1, 0.15) is 23.1 Å². The Morgan fingerprint density at radius 2 is 1.87 bits per heavy atom. The average Bonchev–Trinajstić information content (AvgIpc) is 3.48. The van der Waals surface area contributed by atoms with Crippen molar-refractivity contribution >= 4 is 5.91 Å². The summed E-state index contributed by atoms with van der Waals surface area (Å²) in [6.45, 7) is 1.33. The second-order valence-corrected chi connectivity index (χ2v) is 10.2. The number of hydrogen-bond acceptors (Lipinski definition) is 7. The topological polar surface area (TPSA) is 80.7 Å². The van der Waals surface area contributed by atoms with Gasteiger partial charge in [-0.15, -0.1) is 0 Å². The number of allylic oxidation sites excluding steroid dienone is 1. The predicted molar refractivity (Wildman–Crippen MR) is 143 cm³/mol. The highest BCUT2D eigenvalue weighted by Crippen LogP contribution is 2.49. The van der Waals surface area contributed by atoms with Crippen LogP contribution < -0.4 is 9.47 Å². The smallest absolute Gasteiger partial charge is 0.256 e. The van der Waals surface area contributed by atoms with E-state index in [9.17, 15) is 9.90 Å². The highest BCUT2D eigenvalue weighted by atomic mass is 16.7. The Bertz CT molecular complexity index is 1250. The molecule has 0 aromatic heterocycles. The summed E-state index contributed by atoms with van der Waals surface area (Å²) in [6, 6.07) is 14.0. The molecule has 0 unspecified atom stereocenters. The minimum absolute atomic E-state index is 0.136. The number of benzene rings is 2. The van der Waals surface area contributed by atoms with E-state index in [2.05, 4.69) is 4.90 Å². The summed E-state index contributed by atoms with van der Waals surface area (Å²) < 4.78 is 22.8. The zero-order valence-electron chi connectivity index (χ0n) is 22.5. The third-order valence-corrected chi connectivity index (χ3v) is 7.75. The van der Waals surface area contributed by atoms with Crippen LogP contribution >= 0.6 is 0 Å². The lowest BCUT2D eigenvalue weighted by molar-refractivity contribution is -0.149. The molecule has 8 nitrogen and oxygen atoms in total. The fourth-order valence-electron chi connectivity index (χ4n) is 5.79. The number of nitrogens with zero attached hydrogens (tertiary/aromatic N) is 2. The van der Waals surface area contributed by atoms with Crippen molar-refractivity contribution in [1.29, 1.82) is 0 Å². The molecule has 0 spiro atoms. The number of likely N-dealkylation sites (tertiary alicyclic amines) is 1. The van der Waals surface area contributed by atoms with E-state index < -0.39 is 11.6 Å². The second-order valence-electron chi connectivity index (χ2n) is 10.2. The number of aliphatic hydroxyl groups is 1. The molecule has 1 fully saturated rings. The first-order valence-corrected chi connectivity index (χ1v) is 13.0. The van der Waals surface area contributed by atoms with Crippen LogP contribution in [0.2, 0.25) is 0 Å². The van der Waals surface area contributed by atoms with Crippen LogP contribution in [0.4, 0.5) is 0 Å². The standard InChI is InChI=1S/C30H36N2O6/c1-31(2)16-15-21-10-12-25-27(38-19-37-25)22(21)18-30(34)23-11-13-24(35-3)28(36-4)26(23)29(33)32(30)17-14-20-8-6-5-7-9-20/h5-10,12-13,23,34H,11,14-19H2,1-4H3/t23-,30+/m0/s1. The summed E-state index contributed by atoms with van der Waals surface area (Å²) in [5.74, 6) is 1.50. The summed E-state index contributed by atoms with van der Waals surface area (Å²) in [5.41, 5.74) is 2.01.